The van der Waals surface area contributed by atoms with Crippen LogP contribution in [0, 0.1) is 12.8 Å². The normalized spacial score (nSPS) is 15.6. The summed E-state index contributed by atoms with van der Waals surface area (Å²) in [6, 6.07) is 5.33. The molecule has 0 aliphatic carbocycles. The summed E-state index contributed by atoms with van der Waals surface area (Å²) in [5, 5.41) is 6.79. The SMILES string of the molecule is Cc1cc(C(=O)NCC2CNC2)ccc1Cl. The van der Waals surface area contributed by atoms with Gasteiger partial charge in [-0.25, -0.2) is 0 Å². The van der Waals surface area contributed by atoms with Crippen molar-refractivity contribution < 1.29 is 4.79 Å². The van der Waals surface area contributed by atoms with E-state index in [0.717, 1.165) is 25.2 Å². The molecule has 0 unspecified atom stereocenters. The lowest BCUT2D eigenvalue weighted by atomic mass is 10.0. The van der Waals surface area contributed by atoms with Gasteiger partial charge in [-0.1, -0.05) is 11.6 Å². The summed E-state index contributed by atoms with van der Waals surface area (Å²) in [6.45, 7) is 4.64. The number of carbonyl (C=O) groups is 1. The number of amides is 1. The summed E-state index contributed by atoms with van der Waals surface area (Å²) in [7, 11) is 0. The van der Waals surface area contributed by atoms with Crippen LogP contribution >= 0.6 is 11.6 Å². The van der Waals surface area contributed by atoms with Crippen LogP contribution in [-0.2, 0) is 0 Å². The van der Waals surface area contributed by atoms with E-state index in [-0.39, 0.29) is 5.91 Å². The Hall–Kier alpha value is -1.06. The van der Waals surface area contributed by atoms with Crippen LogP contribution in [0.1, 0.15) is 15.9 Å². The summed E-state index contributed by atoms with van der Waals surface area (Å²) in [4.78, 5) is 11.8. The Balaban J connectivity index is 1.94. The molecule has 1 aliphatic heterocycles. The van der Waals surface area contributed by atoms with Crippen LogP contribution in [-0.4, -0.2) is 25.5 Å². The maximum Gasteiger partial charge on any atom is 0.251 e. The molecule has 0 atom stereocenters. The smallest absolute Gasteiger partial charge is 0.251 e. The number of benzene rings is 1. The van der Waals surface area contributed by atoms with Gasteiger partial charge < -0.3 is 10.6 Å². The van der Waals surface area contributed by atoms with Gasteiger partial charge in [0.2, 0.25) is 0 Å². The minimum absolute atomic E-state index is 0.0216. The maximum absolute atomic E-state index is 11.8. The van der Waals surface area contributed by atoms with Crippen molar-refractivity contribution in [1.82, 2.24) is 10.6 Å². The van der Waals surface area contributed by atoms with Crippen LogP contribution in [0.4, 0.5) is 0 Å². The third-order valence-electron chi connectivity index (χ3n) is 2.84. The fraction of sp³-hybridized carbons (Fsp3) is 0.417. The summed E-state index contributed by atoms with van der Waals surface area (Å²) in [5.41, 5.74) is 1.61. The largest absolute Gasteiger partial charge is 0.352 e. The molecule has 0 bridgehead atoms. The lowest BCUT2D eigenvalue weighted by molar-refractivity contribution is 0.0942. The molecule has 2 rings (SSSR count). The van der Waals surface area contributed by atoms with E-state index >= 15 is 0 Å². The van der Waals surface area contributed by atoms with Gasteiger partial charge in [0.1, 0.15) is 0 Å². The highest BCUT2D eigenvalue weighted by atomic mass is 35.5. The molecule has 1 heterocycles. The quantitative estimate of drug-likeness (QED) is 0.840. The molecule has 1 amide bonds. The Morgan fingerprint density at radius 3 is 2.88 bits per heavy atom. The highest BCUT2D eigenvalue weighted by Gasteiger charge is 2.17. The standard InChI is InChI=1S/C12H15ClN2O/c1-8-4-10(2-3-11(8)13)12(16)15-7-9-5-14-6-9/h2-4,9,14H,5-7H2,1H3,(H,15,16). The number of hydrogen-bond acceptors (Lipinski definition) is 2. The average Bonchev–Trinajstić information content (AvgIpc) is 2.19. The second-order valence-corrected chi connectivity index (χ2v) is 4.61. The van der Waals surface area contributed by atoms with Crippen molar-refractivity contribution in [2.24, 2.45) is 5.92 Å². The second kappa shape index (κ2) is 4.85. The number of hydrogen-bond donors (Lipinski definition) is 2. The predicted octanol–water partition coefficient (Wildman–Crippen LogP) is 1.60. The summed E-state index contributed by atoms with van der Waals surface area (Å²) >= 11 is 5.90. The van der Waals surface area contributed by atoms with Crippen LogP contribution in [0.3, 0.4) is 0 Å². The zero-order valence-electron chi connectivity index (χ0n) is 9.22. The fourth-order valence-corrected chi connectivity index (χ4v) is 1.74. The van der Waals surface area contributed by atoms with Crippen molar-refractivity contribution >= 4 is 17.5 Å². The van der Waals surface area contributed by atoms with Crippen LogP contribution in [0.15, 0.2) is 18.2 Å². The fourth-order valence-electron chi connectivity index (χ4n) is 1.62. The Labute approximate surface area is 100 Å². The van der Waals surface area contributed by atoms with E-state index < -0.39 is 0 Å². The van der Waals surface area contributed by atoms with Gasteiger partial charge in [-0.15, -0.1) is 0 Å². The third-order valence-corrected chi connectivity index (χ3v) is 3.26. The van der Waals surface area contributed by atoms with E-state index in [1.54, 1.807) is 12.1 Å². The minimum atomic E-state index is -0.0216. The molecule has 0 saturated carbocycles. The Morgan fingerprint density at radius 1 is 1.56 bits per heavy atom. The monoisotopic (exact) mass is 238 g/mol. The summed E-state index contributed by atoms with van der Waals surface area (Å²) in [5.74, 6) is 0.559. The lowest BCUT2D eigenvalue weighted by Gasteiger charge is -2.27. The second-order valence-electron chi connectivity index (χ2n) is 4.20. The van der Waals surface area contributed by atoms with Gasteiger partial charge in [0.25, 0.3) is 5.91 Å². The first-order chi connectivity index (χ1) is 7.66. The number of rotatable bonds is 3. The van der Waals surface area contributed by atoms with Gasteiger partial charge in [0.05, 0.1) is 0 Å². The molecule has 1 aromatic rings. The topological polar surface area (TPSA) is 41.1 Å². The van der Waals surface area contributed by atoms with Crippen molar-refractivity contribution in [3.63, 3.8) is 0 Å². The summed E-state index contributed by atoms with van der Waals surface area (Å²) in [6.07, 6.45) is 0. The summed E-state index contributed by atoms with van der Waals surface area (Å²) < 4.78 is 0. The van der Waals surface area contributed by atoms with E-state index in [1.807, 2.05) is 13.0 Å². The van der Waals surface area contributed by atoms with Crippen LogP contribution < -0.4 is 10.6 Å². The lowest BCUT2D eigenvalue weighted by Crippen LogP contribution is -2.48. The Bertz CT molecular complexity index is 402. The zero-order valence-corrected chi connectivity index (χ0v) is 9.97. The molecule has 0 spiro atoms. The van der Waals surface area contributed by atoms with Crippen LogP contribution in [0.5, 0.6) is 0 Å². The molecule has 1 fully saturated rings. The number of aryl methyl sites for hydroxylation is 1. The predicted molar refractivity (Wildman–Crippen MR) is 64.9 cm³/mol. The molecular weight excluding hydrogens is 224 g/mol. The highest BCUT2D eigenvalue weighted by molar-refractivity contribution is 6.31. The molecule has 1 saturated heterocycles. The zero-order chi connectivity index (χ0) is 11.5. The van der Waals surface area contributed by atoms with Crippen molar-refractivity contribution in [1.29, 1.82) is 0 Å². The highest BCUT2D eigenvalue weighted by Crippen LogP contribution is 2.16. The Kier molecular flexibility index (Phi) is 3.46. The van der Waals surface area contributed by atoms with Gasteiger partial charge in [-0.2, -0.15) is 0 Å². The Morgan fingerprint density at radius 2 is 2.31 bits per heavy atom. The third kappa shape index (κ3) is 2.54. The molecule has 3 nitrogen and oxygen atoms in total. The maximum atomic E-state index is 11.8. The molecule has 0 aromatic heterocycles. The molecule has 1 aromatic carbocycles. The van der Waals surface area contributed by atoms with Gasteiger partial charge in [-0.3, -0.25) is 4.79 Å². The van der Waals surface area contributed by atoms with E-state index in [1.165, 1.54) is 0 Å². The van der Waals surface area contributed by atoms with Crippen LogP contribution in [0.25, 0.3) is 0 Å². The van der Waals surface area contributed by atoms with E-state index in [2.05, 4.69) is 10.6 Å². The number of halogens is 1. The van der Waals surface area contributed by atoms with E-state index in [9.17, 15) is 4.79 Å². The molecule has 0 radical (unpaired) electrons. The van der Waals surface area contributed by atoms with Crippen LogP contribution in [0.2, 0.25) is 5.02 Å². The minimum Gasteiger partial charge on any atom is -0.352 e. The van der Waals surface area contributed by atoms with Gasteiger partial charge in [0.15, 0.2) is 0 Å². The molecule has 16 heavy (non-hydrogen) atoms. The van der Waals surface area contributed by atoms with Gasteiger partial charge >= 0.3 is 0 Å². The van der Waals surface area contributed by atoms with E-state index in [0.29, 0.717) is 16.5 Å². The molecule has 2 N–H and O–H groups in total. The van der Waals surface area contributed by atoms with Gasteiger partial charge in [-0.05, 0) is 30.7 Å². The van der Waals surface area contributed by atoms with E-state index in [4.69, 9.17) is 11.6 Å². The first-order valence-electron chi connectivity index (χ1n) is 5.42. The molecule has 4 heteroatoms. The number of carbonyl (C=O) groups excluding carboxylic acids is 1. The van der Waals surface area contributed by atoms with Crippen molar-refractivity contribution in [2.45, 2.75) is 6.92 Å². The molecule has 86 valence electrons. The molecule has 1 aliphatic rings. The van der Waals surface area contributed by atoms with Crippen molar-refractivity contribution in [3.05, 3.63) is 34.3 Å². The first kappa shape index (κ1) is 11.4. The first-order valence-corrected chi connectivity index (χ1v) is 5.79. The van der Waals surface area contributed by atoms with Crippen molar-refractivity contribution in [3.8, 4) is 0 Å². The van der Waals surface area contributed by atoms with Crippen molar-refractivity contribution in [2.75, 3.05) is 19.6 Å². The average molecular weight is 239 g/mol. The molecular formula is C12H15ClN2O. The number of nitrogens with one attached hydrogen (secondary N) is 2. The van der Waals surface area contributed by atoms with Gasteiger partial charge in [0, 0.05) is 36.1 Å².